The predicted molar refractivity (Wildman–Crippen MR) is 106 cm³/mol. The van der Waals surface area contributed by atoms with Crippen molar-refractivity contribution in [3.63, 3.8) is 0 Å². The third-order valence-electron chi connectivity index (χ3n) is 5.76. The number of thiophene rings is 1. The van der Waals surface area contributed by atoms with Gasteiger partial charge in [0.1, 0.15) is 5.60 Å². The van der Waals surface area contributed by atoms with E-state index in [2.05, 4.69) is 26.2 Å². The van der Waals surface area contributed by atoms with Gasteiger partial charge in [-0.25, -0.2) is 0 Å². The number of nitrogens with zero attached hydrogens (tertiary/aromatic N) is 3. The molecular formula is C21H29N3OS. The van der Waals surface area contributed by atoms with Gasteiger partial charge in [-0.1, -0.05) is 6.07 Å². The number of aromatic nitrogens is 1. The maximum absolute atomic E-state index is 11.0. The Labute approximate surface area is 160 Å². The second kappa shape index (κ2) is 7.77. The predicted octanol–water partition coefficient (Wildman–Crippen LogP) is 3.53. The van der Waals surface area contributed by atoms with E-state index in [1.165, 1.54) is 36.4 Å². The molecule has 4 rings (SSSR count). The number of aryl methyl sites for hydroxylation is 1. The fourth-order valence-electron chi connectivity index (χ4n) is 4.09. The van der Waals surface area contributed by atoms with E-state index in [-0.39, 0.29) is 0 Å². The quantitative estimate of drug-likeness (QED) is 0.873. The first-order valence-electron chi connectivity index (χ1n) is 9.77. The Hall–Kier alpha value is -1.27. The van der Waals surface area contributed by atoms with Crippen molar-refractivity contribution in [1.29, 1.82) is 0 Å². The van der Waals surface area contributed by atoms with Crippen molar-refractivity contribution < 1.29 is 5.11 Å². The molecule has 140 valence electrons. The van der Waals surface area contributed by atoms with Gasteiger partial charge in [0.05, 0.1) is 5.69 Å². The average molecular weight is 372 g/mol. The third-order valence-corrected chi connectivity index (χ3v) is 6.73. The standard InChI is InChI=1S/C21H29N3OS/c1-17-4-5-20(22-13-17)21(25)6-10-24(11-7-21)15-19-12-18(16-26-19)14-23-8-2-3-9-23/h4-5,12-13,16,25H,2-3,6-11,14-15H2,1H3. The van der Waals surface area contributed by atoms with E-state index >= 15 is 0 Å². The van der Waals surface area contributed by atoms with Crippen LogP contribution in [0.3, 0.4) is 0 Å². The molecule has 2 aromatic rings. The minimum atomic E-state index is -0.763. The van der Waals surface area contributed by atoms with Crippen LogP contribution in [0.25, 0.3) is 0 Å². The van der Waals surface area contributed by atoms with Crippen molar-refractivity contribution in [2.45, 2.75) is 51.3 Å². The monoisotopic (exact) mass is 371 g/mol. The SMILES string of the molecule is Cc1ccc(C2(O)CCN(Cc3cc(CN4CCCC4)cs3)CC2)nc1. The Bertz CT molecular complexity index is 713. The van der Waals surface area contributed by atoms with Gasteiger partial charge in [-0.2, -0.15) is 0 Å². The van der Waals surface area contributed by atoms with E-state index in [4.69, 9.17) is 0 Å². The van der Waals surface area contributed by atoms with Crippen LogP contribution in [0.15, 0.2) is 29.8 Å². The normalized spacial score (nSPS) is 21.3. The molecular weight excluding hydrogens is 342 g/mol. The summed E-state index contributed by atoms with van der Waals surface area (Å²) in [6.07, 6.45) is 6.07. The smallest absolute Gasteiger partial charge is 0.109 e. The fourth-order valence-corrected chi connectivity index (χ4v) is 5.01. The molecule has 0 radical (unpaired) electrons. The topological polar surface area (TPSA) is 39.6 Å². The van der Waals surface area contributed by atoms with Crippen LogP contribution in [-0.2, 0) is 18.7 Å². The molecule has 5 heteroatoms. The summed E-state index contributed by atoms with van der Waals surface area (Å²) in [5.41, 5.74) is 2.66. The lowest BCUT2D eigenvalue weighted by atomic mass is 9.87. The van der Waals surface area contributed by atoms with Crippen molar-refractivity contribution >= 4 is 11.3 Å². The van der Waals surface area contributed by atoms with Gasteiger partial charge in [0.2, 0.25) is 0 Å². The van der Waals surface area contributed by atoms with Crippen molar-refractivity contribution in [1.82, 2.24) is 14.8 Å². The highest BCUT2D eigenvalue weighted by Gasteiger charge is 2.35. The summed E-state index contributed by atoms with van der Waals surface area (Å²) in [6, 6.07) is 6.40. The number of hydrogen-bond acceptors (Lipinski definition) is 5. The highest BCUT2D eigenvalue weighted by atomic mass is 32.1. The largest absolute Gasteiger partial charge is 0.383 e. The molecule has 0 spiro atoms. The Kier molecular flexibility index (Phi) is 5.41. The molecule has 2 aliphatic rings. The zero-order valence-corrected chi connectivity index (χ0v) is 16.5. The molecule has 4 nitrogen and oxygen atoms in total. The van der Waals surface area contributed by atoms with Gasteiger partial charge < -0.3 is 5.11 Å². The third kappa shape index (κ3) is 4.17. The molecule has 4 heterocycles. The zero-order chi connectivity index (χ0) is 18.0. The maximum Gasteiger partial charge on any atom is 0.109 e. The number of piperidine rings is 1. The summed E-state index contributed by atoms with van der Waals surface area (Å²) in [7, 11) is 0. The summed E-state index contributed by atoms with van der Waals surface area (Å²) >= 11 is 1.88. The molecule has 0 aliphatic carbocycles. The van der Waals surface area contributed by atoms with E-state index in [0.717, 1.165) is 50.3 Å². The molecule has 0 atom stereocenters. The number of aliphatic hydroxyl groups is 1. The zero-order valence-electron chi connectivity index (χ0n) is 15.7. The fraction of sp³-hybridized carbons (Fsp3) is 0.571. The Balaban J connectivity index is 1.31. The molecule has 0 saturated carbocycles. The summed E-state index contributed by atoms with van der Waals surface area (Å²) < 4.78 is 0. The lowest BCUT2D eigenvalue weighted by Crippen LogP contribution is -2.42. The molecule has 0 unspecified atom stereocenters. The van der Waals surface area contributed by atoms with Crippen LogP contribution in [0, 0.1) is 6.92 Å². The number of pyridine rings is 1. The van der Waals surface area contributed by atoms with Gasteiger partial charge in [0.15, 0.2) is 0 Å². The molecule has 0 aromatic carbocycles. The first kappa shape index (κ1) is 18.1. The maximum atomic E-state index is 11.0. The summed E-state index contributed by atoms with van der Waals surface area (Å²) in [4.78, 5) is 10.9. The molecule has 26 heavy (non-hydrogen) atoms. The van der Waals surface area contributed by atoms with E-state index in [9.17, 15) is 5.11 Å². The molecule has 2 aliphatic heterocycles. The molecule has 0 bridgehead atoms. The Morgan fingerprint density at radius 3 is 2.50 bits per heavy atom. The second-order valence-corrected chi connectivity index (χ2v) is 8.93. The van der Waals surface area contributed by atoms with Crippen molar-refractivity contribution in [2.24, 2.45) is 0 Å². The van der Waals surface area contributed by atoms with Crippen LogP contribution in [0.2, 0.25) is 0 Å². The van der Waals surface area contributed by atoms with Crippen LogP contribution < -0.4 is 0 Å². The van der Waals surface area contributed by atoms with Crippen LogP contribution in [0.4, 0.5) is 0 Å². The molecule has 2 fully saturated rings. The van der Waals surface area contributed by atoms with Gasteiger partial charge in [-0.05, 0) is 74.3 Å². The first-order valence-corrected chi connectivity index (χ1v) is 10.7. The minimum absolute atomic E-state index is 0.759. The van der Waals surface area contributed by atoms with Gasteiger partial charge >= 0.3 is 0 Å². The summed E-state index contributed by atoms with van der Waals surface area (Å²) in [5.74, 6) is 0. The lowest BCUT2D eigenvalue weighted by molar-refractivity contribution is -0.0309. The average Bonchev–Trinajstić information content (AvgIpc) is 3.30. The lowest BCUT2D eigenvalue weighted by Gasteiger charge is -2.37. The molecule has 0 amide bonds. The highest BCUT2D eigenvalue weighted by Crippen LogP contribution is 2.32. The summed E-state index contributed by atoms with van der Waals surface area (Å²) in [6.45, 7) is 8.49. The van der Waals surface area contributed by atoms with Crippen molar-refractivity contribution in [3.05, 3.63) is 51.5 Å². The highest BCUT2D eigenvalue weighted by molar-refractivity contribution is 7.10. The van der Waals surface area contributed by atoms with Crippen LogP contribution in [-0.4, -0.2) is 46.1 Å². The Morgan fingerprint density at radius 1 is 1.08 bits per heavy atom. The van der Waals surface area contributed by atoms with Crippen LogP contribution >= 0.6 is 11.3 Å². The van der Waals surface area contributed by atoms with E-state index in [1.54, 1.807) is 0 Å². The van der Waals surface area contributed by atoms with Gasteiger partial charge in [-0.15, -0.1) is 11.3 Å². The number of likely N-dealkylation sites (tertiary alicyclic amines) is 2. The number of rotatable bonds is 5. The molecule has 1 N–H and O–H groups in total. The van der Waals surface area contributed by atoms with Gasteiger partial charge in [-0.3, -0.25) is 14.8 Å². The van der Waals surface area contributed by atoms with Crippen molar-refractivity contribution in [3.8, 4) is 0 Å². The van der Waals surface area contributed by atoms with E-state index < -0.39 is 5.60 Å². The van der Waals surface area contributed by atoms with E-state index in [0.29, 0.717) is 0 Å². The molecule has 2 saturated heterocycles. The minimum Gasteiger partial charge on any atom is -0.383 e. The first-order chi connectivity index (χ1) is 12.6. The van der Waals surface area contributed by atoms with Crippen LogP contribution in [0.1, 0.15) is 47.4 Å². The molecule has 2 aromatic heterocycles. The van der Waals surface area contributed by atoms with Gasteiger partial charge in [0.25, 0.3) is 0 Å². The summed E-state index contributed by atoms with van der Waals surface area (Å²) in [5, 5.41) is 13.3. The van der Waals surface area contributed by atoms with E-state index in [1.807, 2.05) is 36.6 Å². The van der Waals surface area contributed by atoms with Crippen LogP contribution in [0.5, 0.6) is 0 Å². The van der Waals surface area contributed by atoms with Crippen molar-refractivity contribution in [2.75, 3.05) is 26.2 Å². The number of hydrogen-bond donors (Lipinski definition) is 1. The van der Waals surface area contributed by atoms with Gasteiger partial charge in [0, 0.05) is 37.3 Å². The Morgan fingerprint density at radius 2 is 1.81 bits per heavy atom. The second-order valence-electron chi connectivity index (χ2n) is 7.93.